The van der Waals surface area contributed by atoms with E-state index in [4.69, 9.17) is 9.97 Å². The highest BCUT2D eigenvalue weighted by atomic mass is 79.9. The lowest BCUT2D eigenvalue weighted by atomic mass is 9.98. The van der Waals surface area contributed by atoms with E-state index in [0.29, 0.717) is 34.9 Å². The van der Waals surface area contributed by atoms with Crippen LogP contribution in [0.15, 0.2) is 51.9 Å². The predicted molar refractivity (Wildman–Crippen MR) is 166 cm³/mol. The lowest BCUT2D eigenvalue weighted by Crippen LogP contribution is -2.46. The summed E-state index contributed by atoms with van der Waals surface area (Å²) in [5, 5.41) is 4.67. The van der Waals surface area contributed by atoms with E-state index in [0.717, 1.165) is 53.4 Å². The highest BCUT2D eigenvalue weighted by molar-refractivity contribution is 9.10. The molecule has 1 fully saturated rings. The highest BCUT2D eigenvalue weighted by Crippen LogP contribution is 2.26. The largest absolute Gasteiger partial charge is 0.354 e. The van der Waals surface area contributed by atoms with Crippen molar-refractivity contribution in [3.63, 3.8) is 0 Å². The van der Waals surface area contributed by atoms with Gasteiger partial charge in [0.05, 0.1) is 29.8 Å². The number of hydrogen-bond acceptors (Lipinski definition) is 7. The monoisotopic (exact) mass is 630 g/mol. The Labute approximate surface area is 253 Å². The third kappa shape index (κ3) is 5.15. The zero-order valence-corrected chi connectivity index (χ0v) is 26.2. The van der Waals surface area contributed by atoms with Gasteiger partial charge in [-0.05, 0) is 83.1 Å². The molecule has 5 heterocycles. The van der Waals surface area contributed by atoms with E-state index in [2.05, 4.69) is 37.9 Å². The van der Waals surface area contributed by atoms with Crippen LogP contribution < -0.4 is 10.5 Å². The van der Waals surface area contributed by atoms with Crippen molar-refractivity contribution >= 4 is 27.7 Å². The summed E-state index contributed by atoms with van der Waals surface area (Å²) >= 11 is 3.52. The number of piperazine rings is 1. The van der Waals surface area contributed by atoms with Crippen LogP contribution in [-0.4, -0.2) is 79.3 Å². The Morgan fingerprint density at radius 2 is 1.79 bits per heavy atom. The van der Waals surface area contributed by atoms with Crippen LogP contribution in [0.25, 0.3) is 11.6 Å². The maximum Gasteiger partial charge on any atom is 0.263 e. The van der Waals surface area contributed by atoms with Gasteiger partial charge in [0, 0.05) is 53.5 Å². The summed E-state index contributed by atoms with van der Waals surface area (Å²) in [6.07, 6.45) is 2.16. The number of amides is 1. The van der Waals surface area contributed by atoms with Crippen LogP contribution in [0.4, 0.5) is 5.82 Å². The van der Waals surface area contributed by atoms with Crippen LogP contribution in [0.2, 0.25) is 0 Å². The Kier molecular flexibility index (Phi) is 7.48. The molecule has 10 nitrogen and oxygen atoms in total. The molecule has 4 aromatic rings. The van der Waals surface area contributed by atoms with Gasteiger partial charge in [-0.15, -0.1) is 0 Å². The number of anilines is 1. The van der Waals surface area contributed by atoms with Crippen molar-refractivity contribution in [1.82, 2.24) is 34.1 Å². The molecular formula is C31H35BrN8O2. The van der Waals surface area contributed by atoms with E-state index in [1.54, 1.807) is 20.3 Å². The Balaban J connectivity index is 1.42. The van der Waals surface area contributed by atoms with Crippen molar-refractivity contribution in [2.75, 3.05) is 38.1 Å². The summed E-state index contributed by atoms with van der Waals surface area (Å²) in [5.41, 5.74) is 4.98. The molecule has 218 valence electrons. The number of rotatable bonds is 4. The molecule has 1 atom stereocenters. The van der Waals surface area contributed by atoms with Crippen molar-refractivity contribution in [2.24, 2.45) is 0 Å². The van der Waals surface area contributed by atoms with Gasteiger partial charge in [0.15, 0.2) is 0 Å². The van der Waals surface area contributed by atoms with Crippen LogP contribution in [0.3, 0.4) is 0 Å². The molecule has 0 saturated carbocycles. The lowest BCUT2D eigenvalue weighted by Gasteiger charge is -2.35. The maximum atomic E-state index is 14.3. The van der Waals surface area contributed by atoms with Gasteiger partial charge >= 0.3 is 0 Å². The second kappa shape index (κ2) is 11.1. The summed E-state index contributed by atoms with van der Waals surface area (Å²) in [6, 6.07) is 11.3. The molecule has 0 radical (unpaired) electrons. The fourth-order valence-electron chi connectivity index (χ4n) is 5.80. The van der Waals surface area contributed by atoms with E-state index < -0.39 is 0 Å². The third-order valence-corrected chi connectivity index (χ3v) is 9.17. The number of aromatic nitrogens is 5. The SMILES string of the molecule is Cc1cc(C)n(-c2nc3c(c(=O)n2-c2ccc(N4CCN(C)CC4)nc2)C[C@@H](C)N(C(=O)c2ccc(Br)c(C)c2)C3)n1. The molecule has 1 amide bonds. The zero-order valence-electron chi connectivity index (χ0n) is 24.6. The molecule has 0 N–H and O–H groups in total. The molecule has 2 aliphatic heterocycles. The van der Waals surface area contributed by atoms with Crippen LogP contribution >= 0.6 is 15.9 Å². The van der Waals surface area contributed by atoms with Crippen molar-refractivity contribution in [3.8, 4) is 11.6 Å². The van der Waals surface area contributed by atoms with Crippen molar-refractivity contribution in [3.05, 3.63) is 91.2 Å². The van der Waals surface area contributed by atoms with E-state index in [1.165, 1.54) is 0 Å². The lowest BCUT2D eigenvalue weighted by molar-refractivity contribution is 0.0652. The van der Waals surface area contributed by atoms with Crippen molar-refractivity contribution < 1.29 is 4.79 Å². The quantitative estimate of drug-likeness (QED) is 0.338. The van der Waals surface area contributed by atoms with Gasteiger partial charge < -0.3 is 14.7 Å². The zero-order chi connectivity index (χ0) is 29.7. The Morgan fingerprint density at radius 1 is 1.02 bits per heavy atom. The number of carbonyl (C=O) groups excluding carboxylic acids is 1. The van der Waals surface area contributed by atoms with E-state index >= 15 is 0 Å². The summed E-state index contributed by atoms with van der Waals surface area (Å²) in [7, 11) is 2.13. The molecule has 1 saturated heterocycles. The van der Waals surface area contributed by atoms with Crippen LogP contribution in [0, 0.1) is 20.8 Å². The number of likely N-dealkylation sites (N-methyl/N-ethyl adjacent to an activating group) is 1. The van der Waals surface area contributed by atoms with Gasteiger partial charge in [0.1, 0.15) is 5.82 Å². The topological polar surface area (TPSA) is 92.4 Å². The molecule has 2 aliphatic rings. The summed E-state index contributed by atoms with van der Waals surface area (Å²) in [6.45, 7) is 11.8. The molecule has 0 spiro atoms. The Hall–Kier alpha value is -3.83. The molecule has 42 heavy (non-hydrogen) atoms. The first kappa shape index (κ1) is 28.3. The van der Waals surface area contributed by atoms with Gasteiger partial charge in [-0.25, -0.2) is 19.2 Å². The van der Waals surface area contributed by atoms with Crippen LogP contribution in [-0.2, 0) is 13.0 Å². The van der Waals surface area contributed by atoms with Crippen LogP contribution in [0.5, 0.6) is 0 Å². The van der Waals surface area contributed by atoms with Crippen LogP contribution in [0.1, 0.15) is 45.5 Å². The summed E-state index contributed by atoms with van der Waals surface area (Å²) in [5.74, 6) is 1.20. The minimum Gasteiger partial charge on any atom is -0.354 e. The number of hydrogen-bond donors (Lipinski definition) is 0. The fourth-order valence-corrected chi connectivity index (χ4v) is 6.05. The number of halogens is 1. The summed E-state index contributed by atoms with van der Waals surface area (Å²) < 4.78 is 4.27. The predicted octanol–water partition coefficient (Wildman–Crippen LogP) is 3.84. The first-order chi connectivity index (χ1) is 20.1. The number of nitrogens with zero attached hydrogens (tertiary/aromatic N) is 8. The van der Waals surface area contributed by atoms with Gasteiger partial charge in [0.2, 0.25) is 5.95 Å². The van der Waals surface area contributed by atoms with Gasteiger partial charge in [-0.2, -0.15) is 5.10 Å². The fraction of sp³-hybridized carbons (Fsp3) is 0.387. The number of benzene rings is 1. The Bertz CT molecular complexity index is 1720. The average Bonchev–Trinajstić information content (AvgIpc) is 3.32. The van der Waals surface area contributed by atoms with E-state index in [9.17, 15) is 9.59 Å². The normalized spacial score (nSPS) is 17.4. The average molecular weight is 632 g/mol. The number of fused-ring (bicyclic) bond motifs is 1. The molecular weight excluding hydrogens is 596 g/mol. The molecule has 0 aliphatic carbocycles. The Morgan fingerprint density at radius 3 is 2.43 bits per heavy atom. The van der Waals surface area contributed by atoms with Gasteiger partial charge in [-0.1, -0.05) is 15.9 Å². The first-order valence-corrected chi connectivity index (χ1v) is 15.1. The molecule has 3 aromatic heterocycles. The van der Waals surface area contributed by atoms with Crippen molar-refractivity contribution in [1.29, 1.82) is 0 Å². The minimum atomic E-state index is -0.172. The first-order valence-electron chi connectivity index (χ1n) is 14.3. The van der Waals surface area contributed by atoms with E-state index in [-0.39, 0.29) is 24.1 Å². The number of aryl methyl sites for hydroxylation is 3. The minimum absolute atomic E-state index is 0.0777. The van der Waals surface area contributed by atoms with Gasteiger partial charge in [-0.3, -0.25) is 9.59 Å². The molecule has 0 bridgehead atoms. The number of carbonyl (C=O) groups is 1. The second-order valence-electron chi connectivity index (χ2n) is 11.4. The highest BCUT2D eigenvalue weighted by Gasteiger charge is 2.32. The van der Waals surface area contributed by atoms with E-state index in [1.807, 2.05) is 64.1 Å². The standard InChI is InChI=1S/C31H35BrN8O2/c1-19-14-23(6-8-26(19)32)29(41)38-18-27-25(16-21(38)3)30(42)39(31(34-27)40-22(4)15-20(2)35-40)24-7-9-28(33-17-24)37-12-10-36(5)11-13-37/h6-9,14-15,17,21H,10-13,16,18H2,1-5H3/t21-/m1/s1. The second-order valence-corrected chi connectivity index (χ2v) is 12.3. The maximum absolute atomic E-state index is 14.3. The van der Waals surface area contributed by atoms with Crippen molar-refractivity contribution in [2.45, 2.75) is 46.7 Å². The van der Waals surface area contributed by atoms with Gasteiger partial charge in [0.25, 0.3) is 11.5 Å². The third-order valence-electron chi connectivity index (χ3n) is 8.28. The molecule has 0 unspecified atom stereocenters. The number of pyridine rings is 1. The summed E-state index contributed by atoms with van der Waals surface area (Å²) in [4.78, 5) is 44.0. The molecule has 6 rings (SSSR count). The molecule has 1 aromatic carbocycles. The smallest absolute Gasteiger partial charge is 0.263 e. The molecule has 11 heteroatoms.